The summed E-state index contributed by atoms with van der Waals surface area (Å²) in [6, 6.07) is -1.07. The van der Waals surface area contributed by atoms with E-state index in [1.807, 2.05) is 20.8 Å². The maximum absolute atomic E-state index is 13.8. The standard InChI is InChI=1S/C22H33F5N2O2/c1-5-7-8-9-10-11-12-14(22(3,4)31-6-2)13-28-21(30)29-20-18(26)16(24)15(23)17(25)19(20)27/h14H,5-13H2,1-4H3,(H2,28,29,30). The molecule has 0 aromatic heterocycles. The van der Waals surface area contributed by atoms with E-state index < -0.39 is 46.4 Å². The number of anilines is 1. The molecule has 0 aliphatic heterocycles. The molecule has 0 fully saturated rings. The number of ether oxygens (including phenoxy) is 1. The molecule has 1 rings (SSSR count). The van der Waals surface area contributed by atoms with E-state index in [1.165, 1.54) is 12.8 Å². The summed E-state index contributed by atoms with van der Waals surface area (Å²) in [5.41, 5.74) is -1.96. The third-order valence-electron chi connectivity index (χ3n) is 5.36. The molecule has 0 spiro atoms. The highest BCUT2D eigenvalue weighted by Crippen LogP contribution is 2.28. The van der Waals surface area contributed by atoms with Crippen molar-refractivity contribution in [1.82, 2.24) is 5.32 Å². The van der Waals surface area contributed by atoms with Gasteiger partial charge in [0.25, 0.3) is 0 Å². The number of carbonyl (C=O) groups is 1. The molecule has 0 bridgehead atoms. The van der Waals surface area contributed by atoms with E-state index in [-0.39, 0.29) is 12.5 Å². The van der Waals surface area contributed by atoms with E-state index in [1.54, 1.807) is 5.32 Å². The number of unbranched alkanes of at least 4 members (excludes halogenated alkanes) is 5. The van der Waals surface area contributed by atoms with Gasteiger partial charge in [0.15, 0.2) is 23.3 Å². The summed E-state index contributed by atoms with van der Waals surface area (Å²) in [6.45, 7) is 8.36. The summed E-state index contributed by atoms with van der Waals surface area (Å²) in [7, 11) is 0. The van der Waals surface area contributed by atoms with Crippen molar-refractivity contribution in [3.63, 3.8) is 0 Å². The molecule has 1 atom stereocenters. The molecule has 0 aliphatic rings. The predicted octanol–water partition coefficient (Wildman–Crippen LogP) is 6.69. The summed E-state index contributed by atoms with van der Waals surface area (Å²) in [4.78, 5) is 12.1. The molecule has 178 valence electrons. The summed E-state index contributed by atoms with van der Waals surface area (Å²) < 4.78 is 73.1. The molecule has 4 nitrogen and oxygen atoms in total. The van der Waals surface area contributed by atoms with Crippen LogP contribution in [0.25, 0.3) is 0 Å². The van der Waals surface area contributed by atoms with Gasteiger partial charge in [0.1, 0.15) is 5.69 Å². The Morgan fingerprint density at radius 1 is 0.871 bits per heavy atom. The smallest absolute Gasteiger partial charge is 0.319 e. The third kappa shape index (κ3) is 7.94. The van der Waals surface area contributed by atoms with Crippen LogP contribution in [0.2, 0.25) is 0 Å². The minimum absolute atomic E-state index is 0.110. The number of benzene rings is 1. The van der Waals surface area contributed by atoms with Crippen LogP contribution in [0.3, 0.4) is 0 Å². The van der Waals surface area contributed by atoms with Gasteiger partial charge < -0.3 is 15.4 Å². The summed E-state index contributed by atoms with van der Waals surface area (Å²) in [6.07, 6.45) is 7.33. The highest BCUT2D eigenvalue weighted by atomic mass is 19.2. The SMILES string of the molecule is CCCCCCCCC(CNC(=O)Nc1c(F)c(F)c(F)c(F)c1F)C(C)(C)OCC. The molecule has 0 heterocycles. The fraction of sp³-hybridized carbons (Fsp3) is 0.682. The van der Waals surface area contributed by atoms with Crippen LogP contribution in [0.15, 0.2) is 0 Å². The van der Waals surface area contributed by atoms with Gasteiger partial charge in [-0.25, -0.2) is 26.7 Å². The number of urea groups is 1. The van der Waals surface area contributed by atoms with Gasteiger partial charge in [-0.3, -0.25) is 0 Å². The lowest BCUT2D eigenvalue weighted by atomic mass is 9.85. The Bertz CT molecular complexity index is 699. The lowest BCUT2D eigenvalue weighted by Gasteiger charge is -2.34. The van der Waals surface area contributed by atoms with Crippen molar-refractivity contribution in [3.05, 3.63) is 29.1 Å². The first kappa shape index (κ1) is 27.1. The van der Waals surface area contributed by atoms with E-state index in [9.17, 15) is 26.7 Å². The zero-order chi connectivity index (χ0) is 23.6. The Balaban J connectivity index is 2.76. The molecule has 1 unspecified atom stereocenters. The second-order valence-electron chi connectivity index (χ2n) is 8.07. The predicted molar refractivity (Wildman–Crippen MR) is 110 cm³/mol. The zero-order valence-corrected chi connectivity index (χ0v) is 18.6. The number of halogens is 5. The van der Waals surface area contributed by atoms with E-state index in [4.69, 9.17) is 4.74 Å². The van der Waals surface area contributed by atoms with E-state index in [0.29, 0.717) is 6.61 Å². The van der Waals surface area contributed by atoms with Gasteiger partial charge in [0.05, 0.1) is 5.60 Å². The maximum atomic E-state index is 13.8. The zero-order valence-electron chi connectivity index (χ0n) is 18.6. The van der Waals surface area contributed by atoms with Crippen LogP contribution in [-0.4, -0.2) is 24.8 Å². The highest BCUT2D eigenvalue weighted by Gasteiger charge is 2.31. The number of amides is 2. The number of rotatable bonds is 13. The summed E-state index contributed by atoms with van der Waals surface area (Å²) in [5, 5.41) is 4.19. The fourth-order valence-corrected chi connectivity index (χ4v) is 3.44. The molecule has 0 aliphatic carbocycles. The van der Waals surface area contributed by atoms with Crippen molar-refractivity contribution in [2.45, 2.75) is 78.2 Å². The van der Waals surface area contributed by atoms with Crippen LogP contribution in [-0.2, 0) is 4.74 Å². The van der Waals surface area contributed by atoms with E-state index in [2.05, 4.69) is 12.2 Å². The molecule has 9 heteroatoms. The van der Waals surface area contributed by atoms with Crippen LogP contribution < -0.4 is 10.6 Å². The van der Waals surface area contributed by atoms with Gasteiger partial charge in [-0.1, -0.05) is 45.4 Å². The van der Waals surface area contributed by atoms with Gasteiger partial charge >= 0.3 is 6.03 Å². The second kappa shape index (κ2) is 12.8. The first-order chi connectivity index (χ1) is 14.6. The van der Waals surface area contributed by atoms with Crippen LogP contribution in [0, 0.1) is 35.0 Å². The Morgan fingerprint density at radius 3 is 1.94 bits per heavy atom. The Hall–Kier alpha value is -1.90. The molecule has 1 aromatic rings. The van der Waals surface area contributed by atoms with Crippen molar-refractivity contribution < 1.29 is 31.5 Å². The van der Waals surface area contributed by atoms with Crippen molar-refractivity contribution in [2.24, 2.45) is 5.92 Å². The monoisotopic (exact) mass is 452 g/mol. The molecule has 0 saturated carbocycles. The fourth-order valence-electron chi connectivity index (χ4n) is 3.44. The first-order valence-electron chi connectivity index (χ1n) is 10.8. The second-order valence-corrected chi connectivity index (χ2v) is 8.07. The number of nitrogens with one attached hydrogen (secondary N) is 2. The van der Waals surface area contributed by atoms with Gasteiger partial charge in [-0.05, 0) is 27.2 Å². The Kier molecular flexibility index (Phi) is 11.2. The van der Waals surface area contributed by atoms with Gasteiger partial charge in [0, 0.05) is 19.1 Å². The quantitative estimate of drug-likeness (QED) is 0.152. The normalized spacial score (nSPS) is 12.7. The molecule has 1 aromatic carbocycles. The third-order valence-corrected chi connectivity index (χ3v) is 5.36. The van der Waals surface area contributed by atoms with Crippen LogP contribution >= 0.6 is 0 Å². The molecule has 2 amide bonds. The molecule has 31 heavy (non-hydrogen) atoms. The summed E-state index contributed by atoms with van der Waals surface area (Å²) in [5.74, 6) is -10.8. The van der Waals surface area contributed by atoms with E-state index >= 15 is 0 Å². The van der Waals surface area contributed by atoms with Gasteiger partial charge in [0.2, 0.25) is 5.82 Å². The number of hydrogen-bond acceptors (Lipinski definition) is 2. The van der Waals surface area contributed by atoms with Crippen LogP contribution in [0.1, 0.15) is 72.6 Å². The van der Waals surface area contributed by atoms with Gasteiger partial charge in [-0.2, -0.15) is 0 Å². The minimum Gasteiger partial charge on any atom is -0.376 e. The summed E-state index contributed by atoms with van der Waals surface area (Å²) >= 11 is 0. The number of hydrogen-bond donors (Lipinski definition) is 2. The molecular formula is C22H33F5N2O2. The highest BCUT2D eigenvalue weighted by molar-refractivity contribution is 5.89. The topological polar surface area (TPSA) is 50.4 Å². The largest absolute Gasteiger partial charge is 0.376 e. The molecule has 2 N–H and O–H groups in total. The van der Waals surface area contributed by atoms with E-state index in [0.717, 1.165) is 32.1 Å². The maximum Gasteiger partial charge on any atom is 0.319 e. The minimum atomic E-state index is -2.28. The Labute approximate surface area is 180 Å². The lowest BCUT2D eigenvalue weighted by Crippen LogP contribution is -2.43. The van der Waals surface area contributed by atoms with Crippen LogP contribution in [0.5, 0.6) is 0 Å². The Morgan fingerprint density at radius 2 is 1.39 bits per heavy atom. The van der Waals surface area contributed by atoms with Crippen molar-refractivity contribution in [3.8, 4) is 0 Å². The average Bonchev–Trinajstić information content (AvgIpc) is 2.72. The molecular weight excluding hydrogens is 419 g/mol. The van der Waals surface area contributed by atoms with Crippen LogP contribution in [0.4, 0.5) is 32.4 Å². The van der Waals surface area contributed by atoms with Crippen molar-refractivity contribution in [2.75, 3.05) is 18.5 Å². The molecule has 0 saturated heterocycles. The lowest BCUT2D eigenvalue weighted by molar-refractivity contribution is -0.0560. The first-order valence-corrected chi connectivity index (χ1v) is 10.8. The number of carbonyl (C=O) groups excluding carboxylic acids is 1. The average molecular weight is 453 g/mol. The van der Waals surface area contributed by atoms with Crippen molar-refractivity contribution in [1.29, 1.82) is 0 Å². The molecule has 0 radical (unpaired) electrons. The van der Waals surface area contributed by atoms with Gasteiger partial charge in [-0.15, -0.1) is 0 Å². The van der Waals surface area contributed by atoms with Crippen molar-refractivity contribution >= 4 is 11.7 Å².